The molecule has 1 saturated heterocycles. The fourth-order valence-electron chi connectivity index (χ4n) is 8.85. The Bertz CT molecular complexity index is 1290. The molecule has 0 aromatic heterocycles. The van der Waals surface area contributed by atoms with Crippen molar-refractivity contribution in [3.05, 3.63) is 84.5 Å². The van der Waals surface area contributed by atoms with Gasteiger partial charge in [-0.2, -0.15) is 0 Å². The Kier molecular flexibility index (Phi) is 15.6. The van der Waals surface area contributed by atoms with Gasteiger partial charge in [0.05, 0.1) is 24.9 Å². The minimum absolute atomic E-state index is 0.0375. The quantitative estimate of drug-likeness (QED) is 0.138. The lowest BCUT2D eigenvalue weighted by Gasteiger charge is -2.46. The molecule has 2 aromatic carbocycles. The zero-order valence-corrected chi connectivity index (χ0v) is 35.8. The molecule has 0 radical (unpaired) electrons. The van der Waals surface area contributed by atoms with Crippen LogP contribution in [-0.4, -0.2) is 60.1 Å². The Balaban J connectivity index is 2.00. The minimum atomic E-state index is -2.65. The van der Waals surface area contributed by atoms with Crippen LogP contribution >= 0.6 is 0 Å². The second kappa shape index (κ2) is 18.3. The average molecular weight is 723 g/mol. The van der Waals surface area contributed by atoms with Crippen molar-refractivity contribution in [3.63, 3.8) is 0 Å². The highest BCUT2D eigenvalue weighted by Gasteiger charge is 2.50. The summed E-state index contributed by atoms with van der Waals surface area (Å²) in [4.78, 5) is 0. The summed E-state index contributed by atoms with van der Waals surface area (Å²) in [7, 11) is -3.14. The third-order valence-electron chi connectivity index (χ3n) is 11.3. The Morgan fingerprint density at radius 2 is 1.38 bits per heavy atom. The molecule has 1 unspecified atom stereocenters. The van der Waals surface area contributed by atoms with Gasteiger partial charge in [-0.15, -0.1) is 0 Å². The SMILES string of the molecule is CO[C@H]1C[C@H](C)C(O)O[C@@H]1[C@@H](C)/C=C(\C)[C@H](O[Si](C(C)C)(C(C)C)C(C)C)[C@@H](C)/C=C\CO[Si](c1ccccc1)(c1ccccc1)C(C)(C)C. The topological polar surface area (TPSA) is 57.2 Å². The Morgan fingerprint density at radius 3 is 1.82 bits per heavy atom. The molecule has 0 amide bonds. The third-order valence-corrected chi connectivity index (χ3v) is 22.4. The first-order valence-electron chi connectivity index (χ1n) is 19.1. The average Bonchev–Trinajstić information content (AvgIpc) is 3.05. The summed E-state index contributed by atoms with van der Waals surface area (Å²) in [5, 5.41) is 13.1. The van der Waals surface area contributed by atoms with Gasteiger partial charge in [-0.1, -0.05) is 162 Å². The predicted molar refractivity (Wildman–Crippen MR) is 216 cm³/mol. The molecule has 50 heavy (non-hydrogen) atoms. The smallest absolute Gasteiger partial charge is 0.261 e. The van der Waals surface area contributed by atoms with E-state index in [0.717, 1.165) is 6.42 Å². The molecule has 1 N–H and O–H groups in total. The van der Waals surface area contributed by atoms with Crippen LogP contribution < -0.4 is 10.4 Å². The van der Waals surface area contributed by atoms with E-state index in [9.17, 15) is 5.11 Å². The number of rotatable bonds is 16. The standard InChI is InChI=1S/C43H70O5Si2/c1-30(2)49(31(3)4,32(5)6)48-40(34(8)28-35(9)41-39(45-14)29-36(10)42(44)47-41)33(7)22-21-27-46-50(43(11,12)13,37-23-17-15-18-24-37)38-25-19-16-20-26-38/h15-26,28,30-33,35-36,39-42,44H,27,29H2,1-14H3/b22-21-,34-28+/t33-,35-,36-,39-,40+,41+,42?/m0/s1. The first-order chi connectivity index (χ1) is 23.4. The number of hydrogen-bond donors (Lipinski definition) is 1. The van der Waals surface area contributed by atoms with E-state index in [1.165, 1.54) is 15.9 Å². The van der Waals surface area contributed by atoms with Crippen LogP contribution in [0.25, 0.3) is 0 Å². The van der Waals surface area contributed by atoms with E-state index < -0.39 is 22.9 Å². The predicted octanol–water partition coefficient (Wildman–Crippen LogP) is 9.66. The number of ether oxygens (including phenoxy) is 2. The summed E-state index contributed by atoms with van der Waals surface area (Å²) in [6, 6.07) is 21.7. The fourth-order valence-corrected chi connectivity index (χ4v) is 19.0. The maximum absolute atomic E-state index is 10.6. The van der Waals surface area contributed by atoms with Crippen LogP contribution in [0.5, 0.6) is 0 Å². The molecule has 1 fully saturated rings. The first kappa shape index (κ1) is 42.6. The maximum Gasteiger partial charge on any atom is 0.261 e. The van der Waals surface area contributed by atoms with Crippen molar-refractivity contribution in [1.82, 2.24) is 0 Å². The summed E-state index contributed by atoms with van der Waals surface area (Å²) in [6.07, 6.45) is 6.44. The Labute approximate surface area is 308 Å². The monoisotopic (exact) mass is 722 g/mol. The van der Waals surface area contributed by atoms with Crippen LogP contribution in [0.4, 0.5) is 0 Å². The van der Waals surface area contributed by atoms with Gasteiger partial charge in [-0.3, -0.25) is 0 Å². The van der Waals surface area contributed by atoms with Crippen molar-refractivity contribution < 1.29 is 23.4 Å². The molecule has 0 saturated carbocycles. The molecule has 7 atom stereocenters. The fraction of sp³-hybridized carbons (Fsp3) is 0.628. The Morgan fingerprint density at radius 1 is 0.880 bits per heavy atom. The van der Waals surface area contributed by atoms with Crippen LogP contribution in [0.2, 0.25) is 21.7 Å². The molecule has 0 aliphatic carbocycles. The second-order valence-corrected chi connectivity index (χ2v) is 26.6. The molecular weight excluding hydrogens is 653 g/mol. The summed E-state index contributed by atoms with van der Waals surface area (Å²) < 4.78 is 26.8. The normalized spacial score (nSPS) is 23.2. The van der Waals surface area contributed by atoms with Crippen LogP contribution in [0, 0.1) is 17.8 Å². The van der Waals surface area contributed by atoms with Gasteiger partial charge in [-0.05, 0) is 51.0 Å². The van der Waals surface area contributed by atoms with Crippen molar-refractivity contribution in [2.24, 2.45) is 17.8 Å². The van der Waals surface area contributed by atoms with Gasteiger partial charge in [0, 0.05) is 24.9 Å². The first-order valence-corrected chi connectivity index (χ1v) is 23.1. The molecule has 2 aromatic rings. The lowest BCUT2D eigenvalue weighted by Crippen LogP contribution is -2.66. The largest absolute Gasteiger partial charge is 0.409 e. The molecule has 7 heteroatoms. The zero-order chi connectivity index (χ0) is 37.4. The molecule has 280 valence electrons. The van der Waals surface area contributed by atoms with E-state index in [2.05, 4.69) is 162 Å². The van der Waals surface area contributed by atoms with E-state index in [1.807, 2.05) is 6.92 Å². The van der Waals surface area contributed by atoms with E-state index in [0.29, 0.717) is 23.2 Å². The van der Waals surface area contributed by atoms with Crippen LogP contribution in [0.15, 0.2) is 84.5 Å². The summed E-state index contributed by atoms with van der Waals surface area (Å²) in [5.74, 6) is 0.187. The lowest BCUT2D eigenvalue weighted by molar-refractivity contribution is -0.236. The minimum Gasteiger partial charge on any atom is -0.409 e. The number of aliphatic hydroxyl groups excluding tert-OH is 1. The third kappa shape index (κ3) is 9.38. The van der Waals surface area contributed by atoms with Crippen molar-refractivity contribution in [1.29, 1.82) is 0 Å². The van der Waals surface area contributed by atoms with Crippen molar-refractivity contribution in [2.75, 3.05) is 13.7 Å². The van der Waals surface area contributed by atoms with Crippen LogP contribution in [0.3, 0.4) is 0 Å². The Hall–Kier alpha value is -1.85. The van der Waals surface area contributed by atoms with Crippen LogP contribution in [-0.2, 0) is 18.3 Å². The highest BCUT2D eigenvalue weighted by atomic mass is 28.4. The molecule has 1 aliphatic heterocycles. The van der Waals surface area contributed by atoms with Crippen molar-refractivity contribution in [3.8, 4) is 0 Å². The molecule has 0 spiro atoms. The molecule has 3 rings (SSSR count). The van der Waals surface area contributed by atoms with Crippen molar-refractivity contribution >= 4 is 27.0 Å². The molecule has 1 aliphatic rings. The van der Waals surface area contributed by atoms with E-state index in [4.69, 9.17) is 18.3 Å². The van der Waals surface area contributed by atoms with Gasteiger partial charge in [0.1, 0.15) is 0 Å². The number of benzene rings is 2. The number of methoxy groups -OCH3 is 1. The molecule has 0 bridgehead atoms. The lowest BCUT2D eigenvalue weighted by atomic mass is 9.87. The maximum atomic E-state index is 10.6. The molecule has 5 nitrogen and oxygen atoms in total. The summed E-state index contributed by atoms with van der Waals surface area (Å²) >= 11 is 0. The summed E-state index contributed by atoms with van der Waals surface area (Å²) in [5.41, 5.74) is 2.58. The van der Waals surface area contributed by atoms with Crippen LogP contribution in [0.1, 0.15) is 96.4 Å². The van der Waals surface area contributed by atoms with Crippen molar-refractivity contribution in [2.45, 2.75) is 143 Å². The zero-order valence-electron chi connectivity index (χ0n) is 33.8. The van der Waals surface area contributed by atoms with E-state index in [-0.39, 0.29) is 41.1 Å². The van der Waals surface area contributed by atoms with Gasteiger partial charge in [0.15, 0.2) is 6.29 Å². The summed E-state index contributed by atoms with van der Waals surface area (Å²) in [6.45, 7) is 30.3. The molecular formula is C43H70O5Si2. The second-order valence-electron chi connectivity index (χ2n) is 16.9. The van der Waals surface area contributed by atoms with Gasteiger partial charge >= 0.3 is 0 Å². The van der Waals surface area contributed by atoms with Gasteiger partial charge in [0.25, 0.3) is 8.32 Å². The van der Waals surface area contributed by atoms with Gasteiger partial charge < -0.3 is 23.4 Å². The van der Waals surface area contributed by atoms with E-state index >= 15 is 0 Å². The molecule has 1 heterocycles. The van der Waals surface area contributed by atoms with Gasteiger partial charge in [-0.25, -0.2) is 0 Å². The van der Waals surface area contributed by atoms with E-state index in [1.54, 1.807) is 7.11 Å². The highest BCUT2D eigenvalue weighted by molar-refractivity contribution is 6.99. The number of aliphatic hydroxyl groups is 1. The number of hydrogen-bond acceptors (Lipinski definition) is 5. The highest BCUT2D eigenvalue weighted by Crippen LogP contribution is 2.45. The van der Waals surface area contributed by atoms with Gasteiger partial charge in [0.2, 0.25) is 8.32 Å².